The van der Waals surface area contributed by atoms with Gasteiger partial charge in [-0.1, -0.05) is 12.1 Å². The Morgan fingerprint density at radius 1 is 1.23 bits per heavy atom. The summed E-state index contributed by atoms with van der Waals surface area (Å²) in [6.07, 6.45) is 0. The standard InChI is InChI=1S/C22H25N3O5/c1-14(23-10-11-26)22(28)24-17-12-15(8-9-20(17)29-3)25(2)18-13-21(27)30-19-7-5-4-6-16(18)19/h4-9,12-14,23,26H,10-11H2,1-3H3,(H,24,28)/t14-/m0/s1. The van der Waals surface area contributed by atoms with E-state index >= 15 is 0 Å². The van der Waals surface area contributed by atoms with Crippen LogP contribution in [-0.4, -0.2) is 44.4 Å². The van der Waals surface area contributed by atoms with E-state index in [-0.39, 0.29) is 12.5 Å². The van der Waals surface area contributed by atoms with Crippen molar-refractivity contribution in [3.63, 3.8) is 0 Å². The van der Waals surface area contributed by atoms with Gasteiger partial charge in [-0.15, -0.1) is 0 Å². The predicted molar refractivity (Wildman–Crippen MR) is 117 cm³/mol. The monoisotopic (exact) mass is 411 g/mol. The van der Waals surface area contributed by atoms with Gasteiger partial charge in [-0.3, -0.25) is 4.79 Å². The number of anilines is 3. The van der Waals surface area contributed by atoms with Gasteiger partial charge in [0.15, 0.2) is 0 Å². The fourth-order valence-corrected chi connectivity index (χ4v) is 3.13. The summed E-state index contributed by atoms with van der Waals surface area (Å²) in [4.78, 5) is 26.3. The maximum Gasteiger partial charge on any atom is 0.338 e. The number of nitrogens with zero attached hydrogens (tertiary/aromatic N) is 1. The van der Waals surface area contributed by atoms with Gasteiger partial charge in [0, 0.05) is 30.7 Å². The maximum atomic E-state index is 12.5. The third-order valence-corrected chi connectivity index (χ3v) is 4.77. The third-order valence-electron chi connectivity index (χ3n) is 4.77. The van der Waals surface area contributed by atoms with Crippen LogP contribution >= 0.6 is 0 Å². The fourth-order valence-electron chi connectivity index (χ4n) is 3.13. The van der Waals surface area contributed by atoms with Gasteiger partial charge in [-0.05, 0) is 37.3 Å². The van der Waals surface area contributed by atoms with Crippen LogP contribution in [0.15, 0.2) is 57.7 Å². The second-order valence-electron chi connectivity index (χ2n) is 6.78. The molecule has 3 rings (SSSR count). The lowest BCUT2D eigenvalue weighted by atomic mass is 10.1. The Labute approximate surface area is 174 Å². The molecule has 1 amide bonds. The van der Waals surface area contributed by atoms with Crippen molar-refractivity contribution < 1.29 is 19.1 Å². The molecule has 0 aliphatic rings. The lowest BCUT2D eigenvalue weighted by Crippen LogP contribution is -2.39. The molecule has 8 nitrogen and oxygen atoms in total. The summed E-state index contributed by atoms with van der Waals surface area (Å²) in [5, 5.41) is 15.5. The summed E-state index contributed by atoms with van der Waals surface area (Å²) in [6.45, 7) is 1.97. The zero-order valence-electron chi connectivity index (χ0n) is 17.1. The molecule has 3 aromatic rings. The SMILES string of the molecule is COc1ccc(N(C)c2cc(=O)oc3ccccc23)cc1NC(=O)[C@H](C)NCCO. The number of hydrogen-bond donors (Lipinski definition) is 3. The number of carbonyl (C=O) groups excluding carboxylic acids is 1. The number of methoxy groups -OCH3 is 1. The highest BCUT2D eigenvalue weighted by Crippen LogP contribution is 2.34. The normalized spacial score (nSPS) is 11.9. The molecule has 0 radical (unpaired) electrons. The maximum absolute atomic E-state index is 12.5. The molecular weight excluding hydrogens is 386 g/mol. The molecule has 0 spiro atoms. The van der Waals surface area contributed by atoms with Crippen molar-refractivity contribution in [2.45, 2.75) is 13.0 Å². The van der Waals surface area contributed by atoms with E-state index in [1.54, 1.807) is 25.1 Å². The second-order valence-corrected chi connectivity index (χ2v) is 6.78. The number of para-hydroxylation sites is 1. The average Bonchev–Trinajstić information content (AvgIpc) is 2.76. The van der Waals surface area contributed by atoms with E-state index in [4.69, 9.17) is 14.3 Å². The number of rotatable bonds is 8. The molecule has 0 bridgehead atoms. The highest BCUT2D eigenvalue weighted by atomic mass is 16.5. The quantitative estimate of drug-likeness (QED) is 0.489. The fraction of sp³-hybridized carbons (Fsp3) is 0.273. The Balaban J connectivity index is 1.95. The molecule has 0 unspecified atom stereocenters. The van der Waals surface area contributed by atoms with Gasteiger partial charge >= 0.3 is 5.63 Å². The first-order valence-corrected chi connectivity index (χ1v) is 9.54. The van der Waals surface area contributed by atoms with Crippen LogP contribution in [0.4, 0.5) is 17.1 Å². The van der Waals surface area contributed by atoms with Crippen molar-refractivity contribution in [1.82, 2.24) is 5.32 Å². The number of amides is 1. The molecular formula is C22H25N3O5. The molecule has 1 atom stereocenters. The average molecular weight is 411 g/mol. The molecule has 1 heterocycles. The Morgan fingerprint density at radius 2 is 2.00 bits per heavy atom. The summed E-state index contributed by atoms with van der Waals surface area (Å²) < 4.78 is 10.7. The topological polar surface area (TPSA) is 104 Å². The number of fused-ring (bicyclic) bond motifs is 1. The molecule has 8 heteroatoms. The largest absolute Gasteiger partial charge is 0.495 e. The van der Waals surface area contributed by atoms with E-state index in [9.17, 15) is 9.59 Å². The first-order chi connectivity index (χ1) is 14.4. The summed E-state index contributed by atoms with van der Waals surface area (Å²) in [7, 11) is 3.36. The van der Waals surface area contributed by atoms with Crippen LogP contribution < -0.4 is 25.9 Å². The predicted octanol–water partition coefficient (Wildman–Crippen LogP) is 2.48. The molecule has 0 aliphatic heterocycles. The van der Waals surface area contributed by atoms with E-state index < -0.39 is 11.7 Å². The minimum atomic E-state index is -0.494. The smallest absolute Gasteiger partial charge is 0.338 e. The van der Waals surface area contributed by atoms with E-state index in [0.717, 1.165) is 11.1 Å². The summed E-state index contributed by atoms with van der Waals surface area (Å²) in [5.74, 6) is 0.250. The van der Waals surface area contributed by atoms with Crippen molar-refractivity contribution in [1.29, 1.82) is 0 Å². The van der Waals surface area contributed by atoms with Crippen LogP contribution in [0.25, 0.3) is 11.0 Å². The molecule has 0 saturated heterocycles. The number of hydrogen-bond acceptors (Lipinski definition) is 7. The zero-order valence-corrected chi connectivity index (χ0v) is 17.1. The first kappa shape index (κ1) is 21.4. The van der Waals surface area contributed by atoms with E-state index in [0.29, 0.717) is 29.3 Å². The van der Waals surface area contributed by atoms with Crippen molar-refractivity contribution >= 4 is 33.9 Å². The number of aliphatic hydroxyl groups excluding tert-OH is 1. The lowest BCUT2D eigenvalue weighted by molar-refractivity contribution is -0.117. The highest BCUT2D eigenvalue weighted by Gasteiger charge is 2.17. The van der Waals surface area contributed by atoms with E-state index in [2.05, 4.69) is 10.6 Å². The molecule has 30 heavy (non-hydrogen) atoms. The Hall–Kier alpha value is -3.36. The summed E-state index contributed by atoms with van der Waals surface area (Å²) in [6, 6.07) is 13.6. The number of nitrogens with one attached hydrogen (secondary N) is 2. The van der Waals surface area contributed by atoms with Crippen LogP contribution in [0, 0.1) is 0 Å². The van der Waals surface area contributed by atoms with Crippen molar-refractivity contribution in [3.05, 3.63) is 59.0 Å². The van der Waals surface area contributed by atoms with Gasteiger partial charge in [0.25, 0.3) is 0 Å². The van der Waals surface area contributed by atoms with E-state index in [1.165, 1.54) is 13.2 Å². The first-order valence-electron chi connectivity index (χ1n) is 9.54. The van der Waals surface area contributed by atoms with Gasteiger partial charge in [-0.25, -0.2) is 4.79 Å². The number of aliphatic hydroxyl groups is 1. The summed E-state index contributed by atoms with van der Waals surface area (Å²) >= 11 is 0. The number of carbonyl (C=O) groups is 1. The molecule has 158 valence electrons. The Kier molecular flexibility index (Phi) is 6.71. The van der Waals surface area contributed by atoms with Gasteiger partial charge in [0.2, 0.25) is 5.91 Å². The lowest BCUT2D eigenvalue weighted by Gasteiger charge is -2.23. The number of benzene rings is 2. The van der Waals surface area contributed by atoms with Crippen LogP contribution in [0.2, 0.25) is 0 Å². The Morgan fingerprint density at radius 3 is 2.73 bits per heavy atom. The molecule has 2 aromatic carbocycles. The molecule has 0 fully saturated rings. The van der Waals surface area contributed by atoms with Crippen LogP contribution in [0.3, 0.4) is 0 Å². The van der Waals surface area contributed by atoms with Crippen molar-refractivity contribution in [3.8, 4) is 5.75 Å². The van der Waals surface area contributed by atoms with Crippen molar-refractivity contribution in [2.24, 2.45) is 0 Å². The highest BCUT2D eigenvalue weighted by molar-refractivity contribution is 5.97. The molecule has 3 N–H and O–H groups in total. The van der Waals surface area contributed by atoms with E-state index in [1.807, 2.05) is 36.2 Å². The summed E-state index contributed by atoms with van der Waals surface area (Å²) in [5.41, 5.74) is 1.98. The zero-order chi connectivity index (χ0) is 21.7. The Bertz CT molecular complexity index is 1100. The minimum absolute atomic E-state index is 0.0553. The molecule has 0 saturated carbocycles. The number of ether oxygens (including phenoxy) is 1. The van der Waals surface area contributed by atoms with Gasteiger partial charge in [0.1, 0.15) is 11.3 Å². The van der Waals surface area contributed by atoms with Gasteiger partial charge in [0.05, 0.1) is 31.1 Å². The minimum Gasteiger partial charge on any atom is -0.495 e. The van der Waals surface area contributed by atoms with Gasteiger partial charge in [-0.2, -0.15) is 0 Å². The van der Waals surface area contributed by atoms with Crippen LogP contribution in [0.5, 0.6) is 5.75 Å². The van der Waals surface area contributed by atoms with Crippen LogP contribution in [-0.2, 0) is 4.79 Å². The van der Waals surface area contributed by atoms with Crippen molar-refractivity contribution in [2.75, 3.05) is 37.5 Å². The van der Waals surface area contributed by atoms with Crippen LogP contribution in [0.1, 0.15) is 6.92 Å². The molecule has 0 aliphatic carbocycles. The third kappa shape index (κ3) is 4.61. The second kappa shape index (κ2) is 9.43. The van der Waals surface area contributed by atoms with Gasteiger partial charge < -0.3 is 29.8 Å². The molecule has 1 aromatic heterocycles.